The molecule has 2 heterocycles. The average molecular weight is 322 g/mol. The normalized spacial score (nSPS) is 11.8. The minimum Gasteiger partial charge on any atom is -0.328 e. The molecule has 0 saturated carbocycles. The fraction of sp³-hybridized carbons (Fsp3) is 0.182. The van der Waals surface area contributed by atoms with E-state index in [1.807, 2.05) is 23.6 Å². The van der Waals surface area contributed by atoms with Crippen LogP contribution in [0.5, 0.6) is 0 Å². The maximum atomic E-state index is 9.11. The van der Waals surface area contributed by atoms with Crippen LogP contribution in [0.4, 0.5) is 0 Å². The Hall–Kier alpha value is -1.67. The number of rotatable bonds is 3. The fourth-order valence-corrected chi connectivity index (χ4v) is 3.22. The van der Waals surface area contributed by atoms with Crippen molar-refractivity contribution in [2.75, 3.05) is 6.54 Å². The first-order valence-electron chi connectivity index (χ1n) is 5.02. The predicted molar refractivity (Wildman–Crippen MR) is 70.9 cm³/mol. The molecule has 18 heavy (non-hydrogen) atoms. The van der Waals surface area contributed by atoms with E-state index in [1.54, 1.807) is 15.9 Å². The van der Waals surface area contributed by atoms with Gasteiger partial charge < -0.3 is 10.3 Å². The van der Waals surface area contributed by atoms with Crippen LogP contribution in [0.15, 0.2) is 22.2 Å². The van der Waals surface area contributed by atoms with Crippen LogP contribution in [0.3, 0.4) is 0 Å². The SMILES string of the molecule is N#Cc1ncn(C(CN)c2cc(Br)cs2)c1C#N. The first-order chi connectivity index (χ1) is 8.71. The molecule has 0 radical (unpaired) electrons. The minimum absolute atomic E-state index is 0.131. The Morgan fingerprint density at radius 1 is 1.50 bits per heavy atom. The summed E-state index contributed by atoms with van der Waals surface area (Å²) in [6.45, 7) is 0.336. The predicted octanol–water partition coefficient (Wildman–Crippen LogP) is 2.00. The third kappa shape index (κ3) is 2.16. The van der Waals surface area contributed by atoms with Gasteiger partial charge in [0.1, 0.15) is 12.1 Å². The van der Waals surface area contributed by atoms with E-state index in [4.69, 9.17) is 16.3 Å². The second kappa shape index (κ2) is 5.32. The molecule has 2 aromatic heterocycles. The summed E-state index contributed by atoms with van der Waals surface area (Å²) in [4.78, 5) is 4.94. The molecule has 7 heteroatoms. The van der Waals surface area contributed by atoms with Gasteiger partial charge in [0.05, 0.1) is 12.4 Å². The number of halogens is 1. The van der Waals surface area contributed by atoms with E-state index in [0.29, 0.717) is 6.54 Å². The summed E-state index contributed by atoms with van der Waals surface area (Å²) in [6, 6.07) is 5.68. The monoisotopic (exact) mass is 321 g/mol. The summed E-state index contributed by atoms with van der Waals surface area (Å²) < 4.78 is 2.62. The Morgan fingerprint density at radius 3 is 2.78 bits per heavy atom. The topological polar surface area (TPSA) is 91.4 Å². The highest BCUT2D eigenvalue weighted by Gasteiger charge is 2.20. The number of hydrogen-bond donors (Lipinski definition) is 1. The molecule has 0 fully saturated rings. The van der Waals surface area contributed by atoms with Crippen molar-refractivity contribution in [3.63, 3.8) is 0 Å². The van der Waals surface area contributed by atoms with Gasteiger partial charge in [-0.2, -0.15) is 10.5 Å². The molecule has 0 aliphatic rings. The van der Waals surface area contributed by atoms with Gasteiger partial charge in [0.25, 0.3) is 0 Å². The molecular formula is C11H8BrN5S. The summed E-state index contributed by atoms with van der Waals surface area (Å²) in [6.07, 6.45) is 1.49. The van der Waals surface area contributed by atoms with Crippen molar-refractivity contribution in [3.8, 4) is 12.1 Å². The van der Waals surface area contributed by atoms with Crippen molar-refractivity contribution in [3.05, 3.63) is 38.5 Å². The lowest BCUT2D eigenvalue weighted by Crippen LogP contribution is -2.20. The molecule has 0 spiro atoms. The van der Waals surface area contributed by atoms with Crippen LogP contribution in [0, 0.1) is 22.7 Å². The van der Waals surface area contributed by atoms with E-state index in [2.05, 4.69) is 20.9 Å². The molecule has 0 aliphatic heterocycles. The van der Waals surface area contributed by atoms with Gasteiger partial charge in [-0.25, -0.2) is 4.98 Å². The van der Waals surface area contributed by atoms with Crippen molar-refractivity contribution in [1.82, 2.24) is 9.55 Å². The maximum Gasteiger partial charge on any atom is 0.176 e. The number of nitriles is 2. The zero-order valence-electron chi connectivity index (χ0n) is 9.17. The maximum absolute atomic E-state index is 9.11. The molecule has 0 bridgehead atoms. The van der Waals surface area contributed by atoms with Crippen molar-refractivity contribution >= 4 is 27.3 Å². The first kappa shape index (κ1) is 12.8. The van der Waals surface area contributed by atoms with E-state index in [9.17, 15) is 0 Å². The Morgan fingerprint density at radius 2 is 2.28 bits per heavy atom. The lowest BCUT2D eigenvalue weighted by atomic mass is 10.2. The largest absolute Gasteiger partial charge is 0.328 e. The summed E-state index contributed by atoms with van der Waals surface area (Å²) >= 11 is 4.93. The second-order valence-electron chi connectivity index (χ2n) is 3.49. The van der Waals surface area contributed by atoms with Crippen molar-refractivity contribution in [2.24, 2.45) is 5.73 Å². The molecule has 90 valence electrons. The smallest absolute Gasteiger partial charge is 0.176 e. The Kier molecular flexibility index (Phi) is 3.78. The minimum atomic E-state index is -0.175. The third-order valence-electron chi connectivity index (χ3n) is 2.48. The zero-order valence-corrected chi connectivity index (χ0v) is 11.6. The summed E-state index contributed by atoms with van der Waals surface area (Å²) in [5.41, 5.74) is 6.15. The fourth-order valence-electron chi connectivity index (χ4n) is 1.66. The van der Waals surface area contributed by atoms with E-state index < -0.39 is 0 Å². The number of aromatic nitrogens is 2. The number of nitrogens with zero attached hydrogens (tertiary/aromatic N) is 4. The van der Waals surface area contributed by atoms with Gasteiger partial charge in [-0.3, -0.25) is 0 Å². The quantitative estimate of drug-likeness (QED) is 0.935. The zero-order chi connectivity index (χ0) is 13.1. The highest BCUT2D eigenvalue weighted by Crippen LogP contribution is 2.28. The van der Waals surface area contributed by atoms with Crippen LogP contribution < -0.4 is 5.73 Å². The van der Waals surface area contributed by atoms with E-state index in [0.717, 1.165) is 9.35 Å². The second-order valence-corrected chi connectivity index (χ2v) is 5.35. The van der Waals surface area contributed by atoms with E-state index in [-0.39, 0.29) is 17.4 Å². The summed E-state index contributed by atoms with van der Waals surface area (Å²) in [5, 5.41) is 19.9. The van der Waals surface area contributed by atoms with E-state index >= 15 is 0 Å². The Labute approximate surface area is 116 Å². The van der Waals surface area contributed by atoms with Crippen LogP contribution >= 0.6 is 27.3 Å². The number of imidazole rings is 1. The molecule has 2 aromatic rings. The number of thiophene rings is 1. The summed E-state index contributed by atoms with van der Waals surface area (Å²) in [7, 11) is 0. The molecule has 2 rings (SSSR count). The van der Waals surface area contributed by atoms with Gasteiger partial charge >= 0.3 is 0 Å². The molecular weight excluding hydrogens is 314 g/mol. The molecule has 1 atom stereocenters. The molecule has 1 unspecified atom stereocenters. The third-order valence-corrected chi connectivity index (χ3v) is 4.28. The van der Waals surface area contributed by atoms with E-state index in [1.165, 1.54) is 6.33 Å². The molecule has 0 amide bonds. The molecule has 0 aliphatic carbocycles. The van der Waals surface area contributed by atoms with Crippen LogP contribution in [0.2, 0.25) is 0 Å². The lowest BCUT2D eigenvalue weighted by molar-refractivity contribution is 0.598. The summed E-state index contributed by atoms with van der Waals surface area (Å²) in [5.74, 6) is 0. The van der Waals surface area contributed by atoms with Crippen LogP contribution in [-0.2, 0) is 0 Å². The van der Waals surface area contributed by atoms with Gasteiger partial charge in [0.15, 0.2) is 11.4 Å². The number of hydrogen-bond acceptors (Lipinski definition) is 5. The van der Waals surface area contributed by atoms with Gasteiger partial charge in [0, 0.05) is 21.3 Å². The number of nitrogens with two attached hydrogens (primary N) is 1. The molecule has 2 N–H and O–H groups in total. The lowest BCUT2D eigenvalue weighted by Gasteiger charge is -2.15. The Bertz CT molecular complexity index is 645. The van der Waals surface area contributed by atoms with Gasteiger partial charge in [-0.15, -0.1) is 11.3 Å². The standard InChI is InChI=1S/C11H8BrN5S/c12-7-1-11(18-5-7)10(4-15)17-6-16-8(2-13)9(17)3-14/h1,5-6,10H,4,15H2. The van der Waals surface area contributed by atoms with Crippen LogP contribution in [0.25, 0.3) is 0 Å². The van der Waals surface area contributed by atoms with Crippen molar-refractivity contribution in [1.29, 1.82) is 10.5 Å². The van der Waals surface area contributed by atoms with Gasteiger partial charge in [0.2, 0.25) is 0 Å². The highest BCUT2D eigenvalue weighted by atomic mass is 79.9. The molecule has 5 nitrogen and oxygen atoms in total. The van der Waals surface area contributed by atoms with Gasteiger partial charge in [-0.1, -0.05) is 0 Å². The van der Waals surface area contributed by atoms with Crippen LogP contribution in [-0.4, -0.2) is 16.1 Å². The van der Waals surface area contributed by atoms with Gasteiger partial charge in [-0.05, 0) is 22.0 Å². The molecule has 0 aromatic carbocycles. The highest BCUT2D eigenvalue weighted by molar-refractivity contribution is 9.10. The molecule has 0 saturated heterocycles. The van der Waals surface area contributed by atoms with Crippen molar-refractivity contribution < 1.29 is 0 Å². The average Bonchev–Trinajstić information content (AvgIpc) is 2.97. The Balaban J connectivity index is 2.50. The van der Waals surface area contributed by atoms with Crippen LogP contribution in [0.1, 0.15) is 22.3 Å². The van der Waals surface area contributed by atoms with Crippen molar-refractivity contribution in [2.45, 2.75) is 6.04 Å². The first-order valence-corrected chi connectivity index (χ1v) is 6.69.